The number of hydrogen-bond donors (Lipinski definition) is 1. The minimum atomic E-state index is -0.272. The van der Waals surface area contributed by atoms with Gasteiger partial charge in [-0.2, -0.15) is 0 Å². The number of ether oxygens (including phenoxy) is 2. The summed E-state index contributed by atoms with van der Waals surface area (Å²) in [6.45, 7) is 2.52. The molecule has 0 aliphatic rings. The Bertz CT molecular complexity index is 599. The monoisotopic (exact) mass is 287 g/mol. The average Bonchev–Trinajstić information content (AvgIpc) is 2.52. The number of amides is 1. The fraction of sp³-hybridized carbons (Fsp3) is 0.267. The van der Waals surface area contributed by atoms with Crippen molar-refractivity contribution in [2.75, 3.05) is 20.3 Å². The molecular formula is C15H17N3O3. The number of hydrogen-bond acceptors (Lipinski definition) is 5. The first-order chi connectivity index (χ1) is 10.2. The lowest BCUT2D eigenvalue weighted by atomic mass is 10.3. The zero-order chi connectivity index (χ0) is 15.1. The topological polar surface area (TPSA) is 73.3 Å². The van der Waals surface area contributed by atoms with Crippen LogP contribution in [0.4, 0.5) is 0 Å². The Kier molecular flexibility index (Phi) is 5.09. The molecule has 0 spiro atoms. The average molecular weight is 287 g/mol. The number of methoxy groups -OCH3 is 1. The largest absolute Gasteiger partial charge is 0.493 e. The summed E-state index contributed by atoms with van der Waals surface area (Å²) in [4.78, 5) is 19.8. The highest BCUT2D eigenvalue weighted by molar-refractivity contribution is 5.91. The number of nitrogens with one attached hydrogen (secondary N) is 1. The summed E-state index contributed by atoms with van der Waals surface area (Å²) < 4.78 is 10.7. The van der Waals surface area contributed by atoms with E-state index in [0.29, 0.717) is 24.7 Å². The number of aryl methyl sites for hydroxylation is 1. The van der Waals surface area contributed by atoms with Gasteiger partial charge in [0.2, 0.25) is 0 Å². The lowest BCUT2D eigenvalue weighted by molar-refractivity contribution is 0.0941. The molecule has 1 amide bonds. The zero-order valence-electron chi connectivity index (χ0n) is 12.0. The third-order valence-electron chi connectivity index (χ3n) is 2.73. The van der Waals surface area contributed by atoms with Crippen LogP contribution >= 0.6 is 0 Å². The van der Waals surface area contributed by atoms with Crippen molar-refractivity contribution in [1.29, 1.82) is 0 Å². The van der Waals surface area contributed by atoms with Crippen molar-refractivity contribution in [1.82, 2.24) is 15.3 Å². The zero-order valence-corrected chi connectivity index (χ0v) is 12.0. The quantitative estimate of drug-likeness (QED) is 0.817. The van der Waals surface area contributed by atoms with Crippen molar-refractivity contribution < 1.29 is 14.3 Å². The van der Waals surface area contributed by atoms with E-state index in [9.17, 15) is 4.79 Å². The van der Waals surface area contributed by atoms with Crippen LogP contribution in [0.15, 0.2) is 36.7 Å². The van der Waals surface area contributed by atoms with E-state index in [-0.39, 0.29) is 11.6 Å². The summed E-state index contributed by atoms with van der Waals surface area (Å²) in [7, 11) is 1.58. The number of carbonyl (C=O) groups is 1. The maximum absolute atomic E-state index is 11.8. The predicted molar refractivity (Wildman–Crippen MR) is 77.6 cm³/mol. The van der Waals surface area contributed by atoms with Crippen molar-refractivity contribution >= 4 is 5.91 Å². The van der Waals surface area contributed by atoms with Crippen molar-refractivity contribution in [3.8, 4) is 11.5 Å². The highest BCUT2D eigenvalue weighted by atomic mass is 16.5. The van der Waals surface area contributed by atoms with E-state index in [1.165, 1.54) is 6.20 Å². The molecule has 110 valence electrons. The van der Waals surface area contributed by atoms with E-state index in [4.69, 9.17) is 9.47 Å². The van der Waals surface area contributed by atoms with Crippen LogP contribution in [-0.4, -0.2) is 36.1 Å². The van der Waals surface area contributed by atoms with E-state index in [1.807, 2.05) is 31.2 Å². The number of nitrogens with zero attached hydrogens (tertiary/aromatic N) is 2. The van der Waals surface area contributed by atoms with E-state index in [0.717, 1.165) is 5.69 Å². The molecule has 0 aliphatic carbocycles. The maximum atomic E-state index is 11.8. The van der Waals surface area contributed by atoms with Crippen LogP contribution in [0, 0.1) is 6.92 Å². The molecule has 1 N–H and O–H groups in total. The smallest absolute Gasteiger partial charge is 0.271 e. The van der Waals surface area contributed by atoms with Crippen molar-refractivity contribution in [2.45, 2.75) is 6.92 Å². The molecule has 21 heavy (non-hydrogen) atoms. The number of aromatic nitrogens is 2. The first kappa shape index (κ1) is 14.8. The van der Waals surface area contributed by atoms with Crippen LogP contribution < -0.4 is 14.8 Å². The van der Waals surface area contributed by atoms with Gasteiger partial charge in [-0.1, -0.05) is 12.1 Å². The molecule has 1 heterocycles. The van der Waals surface area contributed by atoms with Crippen LogP contribution in [-0.2, 0) is 0 Å². The molecular weight excluding hydrogens is 270 g/mol. The van der Waals surface area contributed by atoms with Crippen LogP contribution in [0.1, 0.15) is 16.2 Å². The molecule has 6 nitrogen and oxygen atoms in total. The van der Waals surface area contributed by atoms with Crippen molar-refractivity contribution in [2.24, 2.45) is 0 Å². The van der Waals surface area contributed by atoms with Gasteiger partial charge in [0, 0.05) is 6.20 Å². The molecule has 0 aliphatic heterocycles. The Labute approximate surface area is 123 Å². The van der Waals surface area contributed by atoms with Gasteiger partial charge in [0.1, 0.15) is 12.3 Å². The molecule has 0 radical (unpaired) electrons. The lowest BCUT2D eigenvalue weighted by Gasteiger charge is -2.10. The first-order valence-electron chi connectivity index (χ1n) is 6.53. The Morgan fingerprint density at radius 2 is 1.95 bits per heavy atom. The van der Waals surface area contributed by atoms with E-state index in [2.05, 4.69) is 15.3 Å². The molecule has 1 aromatic carbocycles. The van der Waals surface area contributed by atoms with Gasteiger partial charge < -0.3 is 14.8 Å². The van der Waals surface area contributed by atoms with Crippen molar-refractivity contribution in [3.63, 3.8) is 0 Å². The second-order valence-electron chi connectivity index (χ2n) is 4.30. The number of para-hydroxylation sites is 2. The molecule has 0 saturated heterocycles. The summed E-state index contributed by atoms with van der Waals surface area (Å²) in [6, 6.07) is 7.35. The lowest BCUT2D eigenvalue weighted by Crippen LogP contribution is -2.29. The molecule has 0 unspecified atom stereocenters. The molecule has 6 heteroatoms. The Hall–Kier alpha value is -2.63. The van der Waals surface area contributed by atoms with Gasteiger partial charge in [0.05, 0.1) is 25.5 Å². The van der Waals surface area contributed by atoms with E-state index in [1.54, 1.807) is 13.3 Å². The number of carbonyl (C=O) groups excluding carboxylic acids is 1. The predicted octanol–water partition coefficient (Wildman–Crippen LogP) is 1.60. The molecule has 0 fully saturated rings. The van der Waals surface area contributed by atoms with Gasteiger partial charge in [0.25, 0.3) is 5.91 Å². The fourth-order valence-electron chi connectivity index (χ4n) is 1.66. The van der Waals surface area contributed by atoms with Gasteiger partial charge in [0.15, 0.2) is 11.5 Å². The second-order valence-corrected chi connectivity index (χ2v) is 4.30. The Balaban J connectivity index is 1.79. The second kappa shape index (κ2) is 7.23. The van der Waals surface area contributed by atoms with Crippen LogP contribution in [0.2, 0.25) is 0 Å². The fourth-order valence-corrected chi connectivity index (χ4v) is 1.66. The minimum absolute atomic E-state index is 0.272. The summed E-state index contributed by atoms with van der Waals surface area (Å²) in [6.07, 6.45) is 3.01. The summed E-state index contributed by atoms with van der Waals surface area (Å²) in [5.74, 6) is 1.03. The van der Waals surface area contributed by atoms with Crippen LogP contribution in [0.5, 0.6) is 11.5 Å². The highest BCUT2D eigenvalue weighted by Crippen LogP contribution is 2.25. The Morgan fingerprint density at radius 1 is 1.19 bits per heavy atom. The standard InChI is InChI=1S/C15H17N3O3/c1-11-9-18-12(10-17-11)15(19)16-7-8-21-14-6-4-3-5-13(14)20-2/h3-6,9-10H,7-8H2,1-2H3,(H,16,19). The van der Waals surface area contributed by atoms with E-state index >= 15 is 0 Å². The van der Waals surface area contributed by atoms with Gasteiger partial charge in [-0.25, -0.2) is 4.98 Å². The van der Waals surface area contributed by atoms with Gasteiger partial charge in [-0.3, -0.25) is 9.78 Å². The van der Waals surface area contributed by atoms with Crippen LogP contribution in [0.3, 0.4) is 0 Å². The molecule has 2 aromatic rings. The molecule has 1 aromatic heterocycles. The van der Waals surface area contributed by atoms with Gasteiger partial charge >= 0.3 is 0 Å². The SMILES string of the molecule is COc1ccccc1OCCNC(=O)c1cnc(C)cn1. The normalized spacial score (nSPS) is 10.0. The van der Waals surface area contributed by atoms with Crippen molar-refractivity contribution in [3.05, 3.63) is 48.0 Å². The number of benzene rings is 1. The van der Waals surface area contributed by atoms with E-state index < -0.39 is 0 Å². The molecule has 0 bridgehead atoms. The van der Waals surface area contributed by atoms with Crippen LogP contribution in [0.25, 0.3) is 0 Å². The molecule has 0 atom stereocenters. The summed E-state index contributed by atoms with van der Waals surface area (Å²) in [5, 5.41) is 2.72. The third-order valence-corrected chi connectivity index (χ3v) is 2.73. The van der Waals surface area contributed by atoms with Gasteiger partial charge in [-0.05, 0) is 19.1 Å². The Morgan fingerprint density at radius 3 is 2.62 bits per heavy atom. The summed E-state index contributed by atoms with van der Waals surface area (Å²) >= 11 is 0. The minimum Gasteiger partial charge on any atom is -0.493 e. The number of rotatable bonds is 6. The summed E-state index contributed by atoms with van der Waals surface area (Å²) in [5.41, 5.74) is 1.06. The van der Waals surface area contributed by atoms with Gasteiger partial charge in [-0.15, -0.1) is 0 Å². The third kappa shape index (κ3) is 4.17. The highest BCUT2D eigenvalue weighted by Gasteiger charge is 2.07. The maximum Gasteiger partial charge on any atom is 0.271 e. The molecule has 2 rings (SSSR count). The molecule has 0 saturated carbocycles. The first-order valence-corrected chi connectivity index (χ1v) is 6.53.